The van der Waals surface area contributed by atoms with Crippen LogP contribution in [-0.2, 0) is 19.1 Å². The number of amides is 1. The highest BCUT2D eigenvalue weighted by atomic mass is 16.5. The molecule has 0 saturated heterocycles. The van der Waals surface area contributed by atoms with E-state index in [0.717, 1.165) is 0 Å². The molecule has 0 unspecified atom stereocenters. The molecule has 28 heavy (non-hydrogen) atoms. The zero-order valence-corrected chi connectivity index (χ0v) is 19.4. The largest absolute Gasteiger partial charge is 0.380 e. The van der Waals surface area contributed by atoms with Crippen LogP contribution in [0, 0.1) is 23.7 Å². The lowest BCUT2D eigenvalue weighted by Gasteiger charge is -2.32. The number of likely N-dealkylation sites (N-methyl/N-ethyl adjacent to an activating group) is 1. The molecular formula is C22H42N2O4. The van der Waals surface area contributed by atoms with Crippen LogP contribution in [0.25, 0.3) is 0 Å². The van der Waals surface area contributed by atoms with Gasteiger partial charge in [0.2, 0.25) is 5.91 Å². The number of carbonyl (C=O) groups is 3. The Hall–Kier alpha value is -1.27. The molecule has 0 fully saturated rings. The first-order valence-corrected chi connectivity index (χ1v) is 10.5. The Morgan fingerprint density at radius 1 is 0.857 bits per heavy atom. The van der Waals surface area contributed by atoms with Gasteiger partial charge in [0.1, 0.15) is 5.78 Å². The van der Waals surface area contributed by atoms with Crippen LogP contribution >= 0.6 is 0 Å². The second kappa shape index (κ2) is 13.0. The Balaban J connectivity index is 4.75. The Labute approximate surface area is 171 Å². The molecule has 0 radical (unpaired) electrons. The minimum absolute atomic E-state index is 0.0303. The van der Waals surface area contributed by atoms with E-state index >= 15 is 0 Å². The number of ketones is 2. The fourth-order valence-electron chi connectivity index (χ4n) is 3.09. The summed E-state index contributed by atoms with van der Waals surface area (Å²) < 4.78 is 5.58. The van der Waals surface area contributed by atoms with Gasteiger partial charge in [0, 0.05) is 24.8 Å². The minimum Gasteiger partial charge on any atom is -0.380 e. The molecule has 164 valence electrons. The van der Waals surface area contributed by atoms with E-state index in [2.05, 4.69) is 5.32 Å². The predicted octanol–water partition coefficient (Wildman–Crippen LogP) is 2.94. The van der Waals surface area contributed by atoms with Crippen molar-refractivity contribution in [3.63, 3.8) is 0 Å². The molecule has 0 aromatic heterocycles. The lowest BCUT2D eigenvalue weighted by atomic mass is 9.92. The molecule has 1 N–H and O–H groups in total. The average molecular weight is 399 g/mol. The fourth-order valence-corrected chi connectivity index (χ4v) is 3.09. The topological polar surface area (TPSA) is 75.7 Å². The van der Waals surface area contributed by atoms with Gasteiger partial charge in [-0.3, -0.25) is 19.3 Å². The zero-order valence-electron chi connectivity index (χ0n) is 19.4. The Morgan fingerprint density at radius 3 is 1.86 bits per heavy atom. The molecule has 0 aromatic rings. The van der Waals surface area contributed by atoms with Crippen molar-refractivity contribution >= 4 is 17.5 Å². The van der Waals surface area contributed by atoms with E-state index in [4.69, 9.17) is 4.74 Å². The number of hydrogen-bond acceptors (Lipinski definition) is 5. The van der Waals surface area contributed by atoms with Crippen molar-refractivity contribution in [3.05, 3.63) is 0 Å². The standard InChI is InChI=1S/C22H42N2O4/c1-14(2)18(25)10-12-28-13-11-24(9)20(16(5)6)22(27)23-19(15(3)4)21(26)17(7)8/h14-17,19-20H,10-13H2,1-9H3,(H,23,27)/t19-,20-/m0/s1. The summed E-state index contributed by atoms with van der Waals surface area (Å²) in [7, 11) is 1.89. The highest BCUT2D eigenvalue weighted by Gasteiger charge is 2.32. The second-order valence-electron chi connectivity index (χ2n) is 8.94. The molecule has 2 atom stereocenters. The smallest absolute Gasteiger partial charge is 0.238 e. The molecule has 0 spiro atoms. The highest BCUT2D eigenvalue weighted by molar-refractivity contribution is 5.92. The van der Waals surface area contributed by atoms with Crippen molar-refractivity contribution in [2.24, 2.45) is 23.7 Å². The molecule has 0 aromatic carbocycles. The number of nitrogens with one attached hydrogen (secondary N) is 1. The van der Waals surface area contributed by atoms with E-state index in [0.29, 0.717) is 26.2 Å². The van der Waals surface area contributed by atoms with Crippen molar-refractivity contribution in [2.75, 3.05) is 26.8 Å². The summed E-state index contributed by atoms with van der Waals surface area (Å²) >= 11 is 0. The van der Waals surface area contributed by atoms with Gasteiger partial charge in [-0.25, -0.2) is 0 Å². The molecule has 0 heterocycles. The molecule has 0 aliphatic rings. The number of Topliss-reactive ketones (excluding diaryl/α,β-unsaturated/α-hetero) is 2. The molecular weight excluding hydrogens is 356 g/mol. The maximum absolute atomic E-state index is 12.9. The van der Waals surface area contributed by atoms with E-state index in [1.165, 1.54) is 0 Å². The van der Waals surface area contributed by atoms with E-state index in [1.807, 2.05) is 67.3 Å². The Bertz CT molecular complexity index is 501. The van der Waals surface area contributed by atoms with Gasteiger partial charge < -0.3 is 10.1 Å². The van der Waals surface area contributed by atoms with Gasteiger partial charge in [-0.1, -0.05) is 55.4 Å². The van der Waals surface area contributed by atoms with Crippen LogP contribution in [0.1, 0.15) is 61.8 Å². The van der Waals surface area contributed by atoms with E-state index < -0.39 is 6.04 Å². The van der Waals surface area contributed by atoms with Crippen LogP contribution in [0.5, 0.6) is 0 Å². The van der Waals surface area contributed by atoms with Gasteiger partial charge in [-0.15, -0.1) is 0 Å². The van der Waals surface area contributed by atoms with Crippen LogP contribution in [0.3, 0.4) is 0 Å². The summed E-state index contributed by atoms with van der Waals surface area (Å²) in [5.41, 5.74) is 0. The lowest BCUT2D eigenvalue weighted by molar-refractivity contribution is -0.134. The quantitative estimate of drug-likeness (QED) is 0.455. The van der Waals surface area contributed by atoms with Gasteiger partial charge in [0.15, 0.2) is 5.78 Å². The maximum Gasteiger partial charge on any atom is 0.238 e. The molecule has 0 aliphatic heterocycles. The lowest BCUT2D eigenvalue weighted by Crippen LogP contribution is -2.55. The average Bonchev–Trinajstić information content (AvgIpc) is 2.57. The molecule has 0 rings (SSSR count). The van der Waals surface area contributed by atoms with Gasteiger partial charge in [0.25, 0.3) is 0 Å². The summed E-state index contributed by atoms with van der Waals surface area (Å²) in [5, 5.41) is 2.97. The predicted molar refractivity (Wildman–Crippen MR) is 113 cm³/mol. The van der Waals surface area contributed by atoms with Crippen LogP contribution in [-0.4, -0.2) is 61.3 Å². The van der Waals surface area contributed by atoms with Crippen molar-refractivity contribution < 1.29 is 19.1 Å². The number of rotatable bonds is 14. The maximum atomic E-state index is 12.9. The fraction of sp³-hybridized carbons (Fsp3) is 0.864. The van der Waals surface area contributed by atoms with Gasteiger partial charge in [-0.05, 0) is 18.9 Å². The second-order valence-corrected chi connectivity index (χ2v) is 8.94. The third kappa shape index (κ3) is 9.28. The number of carbonyl (C=O) groups excluding carboxylic acids is 3. The van der Waals surface area contributed by atoms with Gasteiger partial charge in [0.05, 0.1) is 25.3 Å². The minimum atomic E-state index is -0.472. The highest BCUT2D eigenvalue weighted by Crippen LogP contribution is 2.14. The summed E-state index contributed by atoms with van der Waals surface area (Å²) in [5.74, 6) is 0.176. The van der Waals surface area contributed by atoms with Gasteiger partial charge in [-0.2, -0.15) is 0 Å². The normalized spacial score (nSPS) is 14.2. The van der Waals surface area contributed by atoms with E-state index in [1.54, 1.807) is 0 Å². The van der Waals surface area contributed by atoms with Crippen molar-refractivity contribution in [1.82, 2.24) is 10.2 Å². The van der Waals surface area contributed by atoms with Crippen molar-refractivity contribution in [2.45, 2.75) is 73.9 Å². The molecule has 6 nitrogen and oxygen atoms in total. The zero-order chi connectivity index (χ0) is 22.0. The molecule has 6 heteroatoms. The SMILES string of the molecule is CC(C)C(=O)CCOCCN(C)[C@H](C(=O)N[C@H](C(=O)C(C)C)C(C)C)C(C)C. The van der Waals surface area contributed by atoms with Crippen LogP contribution in [0.4, 0.5) is 0 Å². The van der Waals surface area contributed by atoms with E-state index in [-0.39, 0.29) is 47.2 Å². The molecule has 0 aliphatic carbocycles. The van der Waals surface area contributed by atoms with Crippen LogP contribution in [0.15, 0.2) is 0 Å². The molecule has 0 saturated carbocycles. The number of nitrogens with zero attached hydrogens (tertiary/aromatic N) is 1. The molecule has 1 amide bonds. The van der Waals surface area contributed by atoms with Crippen LogP contribution in [0.2, 0.25) is 0 Å². The first-order chi connectivity index (χ1) is 12.9. The monoisotopic (exact) mass is 398 g/mol. The third-order valence-electron chi connectivity index (χ3n) is 4.94. The summed E-state index contributed by atoms with van der Waals surface area (Å²) in [6.45, 7) is 16.8. The van der Waals surface area contributed by atoms with Gasteiger partial charge >= 0.3 is 0 Å². The third-order valence-corrected chi connectivity index (χ3v) is 4.94. The van der Waals surface area contributed by atoms with Crippen molar-refractivity contribution in [1.29, 1.82) is 0 Å². The Kier molecular flexibility index (Phi) is 12.5. The van der Waals surface area contributed by atoms with E-state index in [9.17, 15) is 14.4 Å². The first kappa shape index (κ1) is 26.7. The Morgan fingerprint density at radius 2 is 1.43 bits per heavy atom. The number of hydrogen-bond donors (Lipinski definition) is 1. The summed E-state index contributed by atoms with van der Waals surface area (Å²) in [6, 6.07) is -0.817. The van der Waals surface area contributed by atoms with Crippen molar-refractivity contribution in [3.8, 4) is 0 Å². The summed E-state index contributed by atoms with van der Waals surface area (Å²) in [6.07, 6.45) is 0.420. The number of ether oxygens (including phenoxy) is 1. The first-order valence-electron chi connectivity index (χ1n) is 10.5. The van der Waals surface area contributed by atoms with Crippen LogP contribution < -0.4 is 5.32 Å². The summed E-state index contributed by atoms with van der Waals surface area (Å²) in [4.78, 5) is 39.0. The molecule has 0 bridgehead atoms.